The molecule has 2 atom stereocenters. The van der Waals surface area contributed by atoms with Crippen LogP contribution in [-0.4, -0.2) is 65.3 Å². The number of ether oxygens (including phenoxy) is 1. The summed E-state index contributed by atoms with van der Waals surface area (Å²) in [6, 6.07) is 15.1. The zero-order valence-corrected chi connectivity index (χ0v) is 16.3. The van der Waals surface area contributed by atoms with Crippen molar-refractivity contribution in [3.05, 3.63) is 59.9 Å². The summed E-state index contributed by atoms with van der Waals surface area (Å²) in [5.74, 6) is 1.37. The number of benzene rings is 1. The van der Waals surface area contributed by atoms with E-state index in [1.165, 1.54) is 18.4 Å². The van der Waals surface area contributed by atoms with Crippen molar-refractivity contribution in [1.29, 1.82) is 0 Å². The van der Waals surface area contributed by atoms with Gasteiger partial charge in [-0.05, 0) is 36.6 Å². The van der Waals surface area contributed by atoms with Crippen LogP contribution >= 0.6 is 0 Å². The van der Waals surface area contributed by atoms with E-state index in [-0.39, 0.29) is 12.0 Å². The lowest BCUT2D eigenvalue weighted by atomic mass is 9.74. The highest BCUT2D eigenvalue weighted by Crippen LogP contribution is 2.50. The summed E-state index contributed by atoms with van der Waals surface area (Å²) in [5, 5.41) is 10.3. The van der Waals surface area contributed by atoms with Gasteiger partial charge in [0.1, 0.15) is 5.75 Å². The molecule has 0 spiro atoms. The van der Waals surface area contributed by atoms with Crippen molar-refractivity contribution in [3.63, 3.8) is 0 Å². The molecule has 0 amide bonds. The number of para-hydroxylation sites is 1. The third-order valence-electron chi connectivity index (χ3n) is 6.98. The molecule has 3 aliphatic heterocycles. The molecule has 5 heteroatoms. The van der Waals surface area contributed by atoms with E-state index in [1.807, 2.05) is 18.3 Å². The van der Waals surface area contributed by atoms with Gasteiger partial charge in [-0.15, -0.1) is 0 Å². The van der Waals surface area contributed by atoms with Crippen LogP contribution in [-0.2, 0) is 6.54 Å². The molecule has 148 valence electrons. The molecule has 0 bridgehead atoms. The lowest BCUT2D eigenvalue weighted by molar-refractivity contribution is 0.0384. The minimum atomic E-state index is -0.153. The minimum Gasteiger partial charge on any atom is -0.493 e. The summed E-state index contributed by atoms with van der Waals surface area (Å²) in [5.41, 5.74) is 2.28. The van der Waals surface area contributed by atoms with E-state index >= 15 is 0 Å². The predicted molar refractivity (Wildman–Crippen MR) is 108 cm³/mol. The van der Waals surface area contributed by atoms with Gasteiger partial charge in [-0.25, -0.2) is 0 Å². The number of aromatic nitrogens is 1. The Morgan fingerprint density at radius 1 is 1.11 bits per heavy atom. The Morgan fingerprint density at radius 3 is 2.71 bits per heavy atom. The molecule has 0 aliphatic carbocycles. The Morgan fingerprint density at radius 2 is 1.93 bits per heavy atom. The van der Waals surface area contributed by atoms with Gasteiger partial charge in [0.05, 0.1) is 18.9 Å². The maximum atomic E-state index is 10.3. The lowest BCUT2D eigenvalue weighted by Gasteiger charge is -2.39. The maximum Gasteiger partial charge on any atom is 0.122 e. The first kappa shape index (κ1) is 18.1. The number of hydrogen-bond donors (Lipinski definition) is 1. The number of aliphatic hydroxyl groups excluding tert-OH is 1. The van der Waals surface area contributed by atoms with Crippen molar-refractivity contribution in [2.75, 3.05) is 39.4 Å². The zero-order chi connectivity index (χ0) is 19.0. The van der Waals surface area contributed by atoms with Crippen molar-refractivity contribution in [3.8, 4) is 5.75 Å². The van der Waals surface area contributed by atoms with Gasteiger partial charge >= 0.3 is 0 Å². The zero-order valence-electron chi connectivity index (χ0n) is 16.3. The van der Waals surface area contributed by atoms with Crippen molar-refractivity contribution in [1.82, 2.24) is 14.8 Å². The smallest absolute Gasteiger partial charge is 0.122 e. The molecule has 2 saturated heterocycles. The molecular formula is C23H29N3O2. The molecule has 1 aromatic heterocycles. The van der Waals surface area contributed by atoms with Crippen LogP contribution in [0.4, 0.5) is 0 Å². The molecule has 5 nitrogen and oxygen atoms in total. The molecule has 5 rings (SSSR count). The molecule has 1 aromatic carbocycles. The van der Waals surface area contributed by atoms with Gasteiger partial charge in [0, 0.05) is 56.3 Å². The van der Waals surface area contributed by atoms with Gasteiger partial charge in [0.25, 0.3) is 0 Å². The first-order chi connectivity index (χ1) is 13.8. The number of rotatable bonds is 4. The number of pyridine rings is 1. The fourth-order valence-electron chi connectivity index (χ4n) is 5.35. The summed E-state index contributed by atoms with van der Waals surface area (Å²) >= 11 is 0. The third-order valence-corrected chi connectivity index (χ3v) is 6.98. The highest BCUT2D eigenvalue weighted by atomic mass is 16.5. The number of piperidine rings is 1. The monoisotopic (exact) mass is 379 g/mol. The number of nitrogens with zero attached hydrogens (tertiary/aromatic N) is 3. The van der Waals surface area contributed by atoms with Crippen LogP contribution in [0.5, 0.6) is 5.75 Å². The van der Waals surface area contributed by atoms with E-state index < -0.39 is 0 Å². The topological polar surface area (TPSA) is 48.8 Å². The first-order valence-electron chi connectivity index (χ1n) is 10.5. The molecule has 2 unspecified atom stereocenters. The quantitative estimate of drug-likeness (QED) is 0.885. The molecule has 4 heterocycles. The molecule has 3 aliphatic rings. The third kappa shape index (κ3) is 3.21. The van der Waals surface area contributed by atoms with E-state index in [0.29, 0.717) is 18.6 Å². The van der Waals surface area contributed by atoms with Crippen LogP contribution in [0.2, 0.25) is 0 Å². The van der Waals surface area contributed by atoms with Crippen LogP contribution in [0.1, 0.15) is 30.0 Å². The molecular weight excluding hydrogens is 350 g/mol. The second-order valence-corrected chi connectivity index (χ2v) is 8.66. The SMILES string of the molecule is OCC12COc3ccccc3C1CN(C1CCN(Cc3ccccn3)CC1)C2. The molecule has 28 heavy (non-hydrogen) atoms. The Labute approximate surface area is 166 Å². The van der Waals surface area contributed by atoms with Crippen molar-refractivity contribution in [2.24, 2.45) is 5.41 Å². The fourth-order valence-corrected chi connectivity index (χ4v) is 5.35. The van der Waals surface area contributed by atoms with E-state index in [9.17, 15) is 5.11 Å². The molecule has 2 aromatic rings. The van der Waals surface area contributed by atoms with Crippen molar-refractivity contribution < 1.29 is 9.84 Å². The first-order valence-corrected chi connectivity index (χ1v) is 10.5. The van der Waals surface area contributed by atoms with Gasteiger partial charge in [-0.1, -0.05) is 24.3 Å². The average Bonchev–Trinajstić information content (AvgIpc) is 3.16. The van der Waals surface area contributed by atoms with E-state index in [1.54, 1.807) is 0 Å². The minimum absolute atomic E-state index is 0.153. The van der Waals surface area contributed by atoms with E-state index in [2.05, 4.69) is 45.1 Å². The van der Waals surface area contributed by atoms with Crippen LogP contribution in [0.25, 0.3) is 0 Å². The average molecular weight is 380 g/mol. The van der Waals surface area contributed by atoms with Gasteiger partial charge in [-0.2, -0.15) is 0 Å². The highest BCUT2D eigenvalue weighted by Gasteiger charge is 2.52. The molecule has 0 radical (unpaired) electrons. The van der Waals surface area contributed by atoms with Gasteiger partial charge in [0.15, 0.2) is 0 Å². The molecule has 0 saturated carbocycles. The lowest BCUT2D eigenvalue weighted by Crippen LogP contribution is -2.46. The Balaban J connectivity index is 1.25. The highest BCUT2D eigenvalue weighted by molar-refractivity contribution is 5.41. The van der Waals surface area contributed by atoms with Crippen LogP contribution < -0.4 is 4.74 Å². The predicted octanol–water partition coefficient (Wildman–Crippen LogP) is 2.52. The van der Waals surface area contributed by atoms with Crippen LogP contribution in [0.15, 0.2) is 48.7 Å². The molecule has 2 fully saturated rings. The summed E-state index contributed by atoms with van der Waals surface area (Å²) in [4.78, 5) is 9.61. The van der Waals surface area contributed by atoms with Crippen molar-refractivity contribution >= 4 is 0 Å². The number of aliphatic hydroxyl groups is 1. The summed E-state index contributed by atoms with van der Waals surface area (Å²) < 4.78 is 6.05. The van der Waals surface area contributed by atoms with Gasteiger partial charge in [0.2, 0.25) is 0 Å². The van der Waals surface area contributed by atoms with Gasteiger partial charge in [-0.3, -0.25) is 14.8 Å². The molecule has 1 N–H and O–H groups in total. The standard InChI is InChI=1S/C23H29N3O2/c27-16-23-15-26(14-21(23)20-6-1-2-7-22(20)28-17-23)19-8-11-25(12-9-19)13-18-5-3-4-10-24-18/h1-7,10,19,21,27H,8-9,11-17H2. The maximum absolute atomic E-state index is 10.3. The summed E-state index contributed by atoms with van der Waals surface area (Å²) in [6.45, 7) is 5.96. The number of likely N-dealkylation sites (tertiary alicyclic amines) is 2. The summed E-state index contributed by atoms with van der Waals surface area (Å²) in [6.07, 6.45) is 4.25. The van der Waals surface area contributed by atoms with Gasteiger partial charge < -0.3 is 9.84 Å². The summed E-state index contributed by atoms with van der Waals surface area (Å²) in [7, 11) is 0. The van der Waals surface area contributed by atoms with Crippen LogP contribution in [0, 0.1) is 5.41 Å². The van der Waals surface area contributed by atoms with E-state index in [0.717, 1.165) is 44.2 Å². The number of fused-ring (bicyclic) bond motifs is 3. The van der Waals surface area contributed by atoms with Crippen molar-refractivity contribution in [2.45, 2.75) is 31.3 Å². The normalized spacial score (nSPS) is 28.5. The second-order valence-electron chi connectivity index (χ2n) is 8.66. The number of hydrogen-bond acceptors (Lipinski definition) is 5. The second kappa shape index (κ2) is 7.47. The largest absolute Gasteiger partial charge is 0.493 e. The Kier molecular flexibility index (Phi) is 4.83. The van der Waals surface area contributed by atoms with E-state index in [4.69, 9.17) is 4.74 Å². The Bertz CT molecular complexity index is 807. The fraction of sp³-hybridized carbons (Fsp3) is 0.522. The van der Waals surface area contributed by atoms with Crippen LogP contribution in [0.3, 0.4) is 0 Å². The Hall–Kier alpha value is -1.95.